The van der Waals surface area contributed by atoms with Crippen molar-refractivity contribution in [3.05, 3.63) is 5.82 Å². The number of carbonyl (C=O) groups excluding carboxylic acids is 1. The van der Waals surface area contributed by atoms with Crippen LogP contribution < -0.4 is 16.0 Å². The topological polar surface area (TPSA) is 105 Å². The third-order valence-electron chi connectivity index (χ3n) is 3.70. The van der Waals surface area contributed by atoms with E-state index in [-0.39, 0.29) is 24.0 Å². The van der Waals surface area contributed by atoms with E-state index in [0.717, 1.165) is 36.9 Å². The smallest absolute Gasteiger partial charge is 0.407 e. The monoisotopic (exact) mass is 555 g/mol. The van der Waals surface area contributed by atoms with Crippen LogP contribution in [-0.2, 0) is 17.7 Å². The number of carbonyl (C=O) groups is 1. The van der Waals surface area contributed by atoms with E-state index in [2.05, 4.69) is 49.6 Å². The van der Waals surface area contributed by atoms with E-state index in [0.29, 0.717) is 25.0 Å². The van der Waals surface area contributed by atoms with Gasteiger partial charge in [-0.1, -0.05) is 25.6 Å². The SMILES string of the molecule is CN=C(NCCCc1nnc(SC)n1CC(C)C)NCCNC(=O)OC(C)(C)C.I. The molecule has 9 nitrogen and oxygen atoms in total. The zero-order valence-electron chi connectivity index (χ0n) is 19.2. The summed E-state index contributed by atoms with van der Waals surface area (Å²) >= 11 is 1.63. The van der Waals surface area contributed by atoms with Gasteiger partial charge < -0.3 is 25.3 Å². The Kier molecular flexibility index (Phi) is 14.1. The van der Waals surface area contributed by atoms with Gasteiger partial charge in [0.2, 0.25) is 0 Å². The third-order valence-corrected chi connectivity index (χ3v) is 4.37. The van der Waals surface area contributed by atoms with Crippen molar-refractivity contribution in [3.63, 3.8) is 0 Å². The molecule has 1 aromatic heterocycles. The number of nitrogens with one attached hydrogen (secondary N) is 3. The Labute approximate surface area is 202 Å². The van der Waals surface area contributed by atoms with E-state index in [9.17, 15) is 4.79 Å². The maximum Gasteiger partial charge on any atom is 0.407 e. The van der Waals surface area contributed by atoms with Crippen LogP contribution >= 0.6 is 35.7 Å². The second kappa shape index (κ2) is 14.7. The van der Waals surface area contributed by atoms with Gasteiger partial charge >= 0.3 is 6.09 Å². The van der Waals surface area contributed by atoms with Crippen molar-refractivity contribution in [2.45, 2.75) is 64.8 Å². The van der Waals surface area contributed by atoms with E-state index in [4.69, 9.17) is 4.74 Å². The minimum absolute atomic E-state index is 0. The van der Waals surface area contributed by atoms with Gasteiger partial charge in [-0.3, -0.25) is 4.99 Å². The second-order valence-electron chi connectivity index (χ2n) is 8.07. The minimum atomic E-state index is -0.495. The summed E-state index contributed by atoms with van der Waals surface area (Å²) in [4.78, 5) is 15.8. The number of aliphatic imine (C=N–C) groups is 1. The lowest BCUT2D eigenvalue weighted by Crippen LogP contribution is -2.42. The number of amides is 1. The lowest BCUT2D eigenvalue weighted by Gasteiger charge is -2.20. The van der Waals surface area contributed by atoms with Crippen LogP contribution in [-0.4, -0.2) is 65.4 Å². The number of thioether (sulfide) groups is 1. The molecule has 0 atom stereocenters. The molecule has 3 N–H and O–H groups in total. The molecule has 0 spiro atoms. The Morgan fingerprint density at radius 1 is 1.17 bits per heavy atom. The summed E-state index contributed by atoms with van der Waals surface area (Å²) in [6, 6.07) is 0. The molecule has 0 aliphatic rings. The number of hydrogen-bond donors (Lipinski definition) is 3. The molecule has 1 aromatic rings. The summed E-state index contributed by atoms with van der Waals surface area (Å²) < 4.78 is 7.41. The maximum atomic E-state index is 11.6. The van der Waals surface area contributed by atoms with Crippen LogP contribution in [0.15, 0.2) is 10.1 Å². The molecule has 1 rings (SSSR count). The summed E-state index contributed by atoms with van der Waals surface area (Å²) in [5, 5.41) is 18.8. The van der Waals surface area contributed by atoms with Gasteiger partial charge in [0.25, 0.3) is 0 Å². The molecule has 0 bridgehead atoms. The van der Waals surface area contributed by atoms with Crippen molar-refractivity contribution in [1.82, 2.24) is 30.7 Å². The Hall–Kier alpha value is -1.24. The van der Waals surface area contributed by atoms with E-state index < -0.39 is 11.7 Å². The second-order valence-corrected chi connectivity index (χ2v) is 8.84. The first-order valence-corrected chi connectivity index (χ1v) is 11.3. The molecule has 0 saturated carbocycles. The van der Waals surface area contributed by atoms with Gasteiger partial charge in [-0.25, -0.2) is 4.79 Å². The highest BCUT2D eigenvalue weighted by Gasteiger charge is 2.15. The van der Waals surface area contributed by atoms with Crippen LogP contribution in [0, 0.1) is 5.92 Å². The Morgan fingerprint density at radius 2 is 1.80 bits per heavy atom. The largest absolute Gasteiger partial charge is 0.444 e. The Balaban J connectivity index is 0.00000841. The fourth-order valence-electron chi connectivity index (χ4n) is 2.54. The summed E-state index contributed by atoms with van der Waals surface area (Å²) in [7, 11) is 1.72. The first-order valence-electron chi connectivity index (χ1n) is 10.0. The van der Waals surface area contributed by atoms with Crippen LogP contribution in [0.1, 0.15) is 46.9 Å². The standard InChI is InChI=1S/C19H37N7O2S.HI/c1-14(2)13-26-15(24-25-17(26)29-7)9-8-10-21-16(20-6)22-11-12-23-18(27)28-19(3,4)5;/h14H,8-13H2,1-7H3,(H,23,27)(H2,20,21,22);1H. The normalized spacial score (nSPS) is 11.8. The van der Waals surface area contributed by atoms with Gasteiger partial charge in [-0.05, 0) is 39.4 Å². The first-order chi connectivity index (χ1) is 13.7. The van der Waals surface area contributed by atoms with Crippen LogP contribution in [0.4, 0.5) is 4.79 Å². The number of hydrogen-bond acceptors (Lipinski definition) is 6. The molecule has 174 valence electrons. The number of ether oxygens (including phenoxy) is 1. The van der Waals surface area contributed by atoms with Gasteiger partial charge in [0.1, 0.15) is 11.4 Å². The number of aromatic nitrogens is 3. The molecular formula is C19H38IN7O2S. The predicted octanol–water partition coefficient (Wildman–Crippen LogP) is 2.90. The van der Waals surface area contributed by atoms with Gasteiger partial charge in [0.15, 0.2) is 11.1 Å². The van der Waals surface area contributed by atoms with Gasteiger partial charge in [-0.15, -0.1) is 34.2 Å². The molecule has 1 heterocycles. The number of alkyl carbamates (subject to hydrolysis) is 1. The quantitative estimate of drug-likeness (QED) is 0.134. The number of guanidine groups is 1. The molecule has 0 saturated heterocycles. The van der Waals surface area contributed by atoms with Crippen LogP contribution in [0.2, 0.25) is 0 Å². The lowest BCUT2D eigenvalue weighted by molar-refractivity contribution is 0.0529. The van der Waals surface area contributed by atoms with Crippen molar-refractivity contribution in [2.75, 3.05) is 32.9 Å². The molecule has 0 radical (unpaired) electrons. The van der Waals surface area contributed by atoms with E-state index in [1.165, 1.54) is 0 Å². The Bertz CT molecular complexity index is 660. The number of rotatable bonds is 10. The molecular weight excluding hydrogens is 517 g/mol. The molecule has 11 heteroatoms. The van der Waals surface area contributed by atoms with Crippen LogP contribution in [0.25, 0.3) is 0 Å². The zero-order valence-corrected chi connectivity index (χ0v) is 22.4. The van der Waals surface area contributed by atoms with E-state index in [1.807, 2.05) is 27.0 Å². The molecule has 0 aliphatic carbocycles. The number of nitrogens with zero attached hydrogens (tertiary/aromatic N) is 4. The summed E-state index contributed by atoms with van der Waals surface area (Å²) in [6.07, 6.45) is 3.38. The van der Waals surface area contributed by atoms with Gasteiger partial charge in [0.05, 0.1) is 0 Å². The lowest BCUT2D eigenvalue weighted by atomic mass is 10.2. The number of aryl methyl sites for hydroxylation is 1. The highest BCUT2D eigenvalue weighted by Crippen LogP contribution is 2.16. The minimum Gasteiger partial charge on any atom is -0.444 e. The molecule has 0 aromatic carbocycles. The fourth-order valence-corrected chi connectivity index (χ4v) is 3.06. The molecule has 1 amide bonds. The summed E-state index contributed by atoms with van der Waals surface area (Å²) in [5.74, 6) is 2.27. The van der Waals surface area contributed by atoms with Crippen molar-refractivity contribution >= 4 is 47.8 Å². The van der Waals surface area contributed by atoms with E-state index in [1.54, 1.807) is 18.8 Å². The Morgan fingerprint density at radius 3 is 2.37 bits per heavy atom. The van der Waals surface area contributed by atoms with Gasteiger partial charge in [0, 0.05) is 39.6 Å². The highest BCUT2D eigenvalue weighted by atomic mass is 127. The maximum absolute atomic E-state index is 11.6. The predicted molar refractivity (Wildman–Crippen MR) is 134 cm³/mol. The van der Waals surface area contributed by atoms with Crippen molar-refractivity contribution < 1.29 is 9.53 Å². The summed E-state index contributed by atoms with van der Waals surface area (Å²) in [5.41, 5.74) is -0.495. The number of halogens is 1. The van der Waals surface area contributed by atoms with Crippen LogP contribution in [0.5, 0.6) is 0 Å². The molecule has 0 unspecified atom stereocenters. The van der Waals surface area contributed by atoms with E-state index >= 15 is 0 Å². The zero-order chi connectivity index (χ0) is 21.9. The first kappa shape index (κ1) is 28.8. The molecule has 0 aliphatic heterocycles. The average Bonchev–Trinajstić information content (AvgIpc) is 2.99. The van der Waals surface area contributed by atoms with Crippen molar-refractivity contribution in [3.8, 4) is 0 Å². The molecule has 30 heavy (non-hydrogen) atoms. The third kappa shape index (κ3) is 11.8. The van der Waals surface area contributed by atoms with Crippen LogP contribution in [0.3, 0.4) is 0 Å². The van der Waals surface area contributed by atoms with Crippen molar-refractivity contribution in [2.24, 2.45) is 10.9 Å². The highest BCUT2D eigenvalue weighted by molar-refractivity contribution is 14.0. The van der Waals surface area contributed by atoms with Crippen molar-refractivity contribution in [1.29, 1.82) is 0 Å². The molecule has 0 fully saturated rings. The summed E-state index contributed by atoms with van der Waals surface area (Å²) in [6.45, 7) is 12.6. The average molecular weight is 556 g/mol. The van der Waals surface area contributed by atoms with Gasteiger partial charge in [-0.2, -0.15) is 0 Å². The fraction of sp³-hybridized carbons (Fsp3) is 0.789.